The lowest BCUT2D eigenvalue weighted by Gasteiger charge is -2.10. The molecule has 0 atom stereocenters. The van der Waals surface area contributed by atoms with Crippen molar-refractivity contribution in [1.29, 1.82) is 0 Å². The van der Waals surface area contributed by atoms with E-state index in [9.17, 15) is 14.0 Å². The first-order chi connectivity index (χ1) is 13.1. The van der Waals surface area contributed by atoms with Crippen LogP contribution in [0, 0.1) is 5.82 Å². The number of nitrogens with one attached hydrogen (secondary N) is 3. The third kappa shape index (κ3) is 4.82. The molecule has 0 saturated heterocycles. The van der Waals surface area contributed by atoms with Gasteiger partial charge in [0.25, 0.3) is 5.91 Å². The Balaban J connectivity index is 1.42. The van der Waals surface area contributed by atoms with Crippen LogP contribution in [-0.4, -0.2) is 25.0 Å². The molecule has 0 aliphatic rings. The van der Waals surface area contributed by atoms with Gasteiger partial charge in [-0.25, -0.2) is 9.18 Å². The molecule has 0 aliphatic heterocycles. The second-order valence-corrected chi connectivity index (χ2v) is 6.00. The van der Waals surface area contributed by atoms with E-state index in [4.69, 9.17) is 0 Å². The number of hydrogen-bond donors (Lipinski definition) is 3. The van der Waals surface area contributed by atoms with Gasteiger partial charge in [-0.3, -0.25) is 4.79 Å². The number of hydrogen-bond acceptors (Lipinski definition) is 2. The van der Waals surface area contributed by atoms with Gasteiger partial charge in [-0.05, 0) is 30.0 Å². The predicted molar refractivity (Wildman–Crippen MR) is 104 cm³/mol. The van der Waals surface area contributed by atoms with Crippen LogP contribution in [0.3, 0.4) is 0 Å². The van der Waals surface area contributed by atoms with Crippen molar-refractivity contribution in [3.05, 3.63) is 78.1 Å². The van der Waals surface area contributed by atoms with Crippen molar-refractivity contribution in [3.63, 3.8) is 0 Å². The standard InChI is InChI=1S/C21H20FN3O2/c22-18-11-4-3-10-17(18)20(26)23-13-6-14-24-21(27)25-19-12-5-8-15-7-1-2-9-16(15)19/h1-5,7-12H,6,13-14H2,(H,23,26)(H2,24,25,27). The molecule has 3 aromatic rings. The van der Waals surface area contributed by atoms with Crippen LogP contribution >= 0.6 is 0 Å². The van der Waals surface area contributed by atoms with Gasteiger partial charge in [0.05, 0.1) is 11.3 Å². The molecular weight excluding hydrogens is 345 g/mol. The van der Waals surface area contributed by atoms with Crippen LogP contribution < -0.4 is 16.0 Å². The van der Waals surface area contributed by atoms with Crippen LogP contribution in [0.25, 0.3) is 10.8 Å². The lowest BCUT2D eigenvalue weighted by molar-refractivity contribution is 0.0949. The van der Waals surface area contributed by atoms with Crippen molar-refractivity contribution in [2.45, 2.75) is 6.42 Å². The summed E-state index contributed by atoms with van der Waals surface area (Å²) in [6.45, 7) is 0.718. The topological polar surface area (TPSA) is 70.2 Å². The van der Waals surface area contributed by atoms with Crippen LogP contribution in [0.15, 0.2) is 66.7 Å². The maximum atomic E-state index is 13.5. The summed E-state index contributed by atoms with van der Waals surface area (Å²) in [7, 11) is 0. The number of halogens is 1. The molecular formula is C21H20FN3O2. The Morgan fingerprint density at radius 2 is 1.52 bits per heavy atom. The van der Waals surface area contributed by atoms with Crippen LogP contribution in [0.2, 0.25) is 0 Å². The van der Waals surface area contributed by atoms with Gasteiger partial charge in [-0.2, -0.15) is 0 Å². The van der Waals surface area contributed by atoms with E-state index in [0.717, 1.165) is 16.5 Å². The number of amides is 3. The van der Waals surface area contributed by atoms with Crippen LogP contribution in [0.5, 0.6) is 0 Å². The number of carbonyl (C=O) groups excluding carboxylic acids is 2. The zero-order valence-electron chi connectivity index (χ0n) is 14.7. The van der Waals surface area contributed by atoms with Crippen molar-refractivity contribution in [2.24, 2.45) is 0 Å². The zero-order valence-corrected chi connectivity index (χ0v) is 14.7. The Labute approximate surface area is 156 Å². The average Bonchev–Trinajstić information content (AvgIpc) is 2.68. The Kier molecular flexibility index (Phi) is 5.99. The van der Waals surface area contributed by atoms with E-state index in [0.29, 0.717) is 19.5 Å². The normalized spacial score (nSPS) is 10.4. The van der Waals surface area contributed by atoms with Crippen molar-refractivity contribution in [1.82, 2.24) is 10.6 Å². The molecule has 0 fully saturated rings. The molecule has 5 nitrogen and oxygen atoms in total. The fourth-order valence-corrected chi connectivity index (χ4v) is 2.73. The number of carbonyl (C=O) groups is 2. The largest absolute Gasteiger partial charge is 0.352 e. The summed E-state index contributed by atoms with van der Waals surface area (Å²) in [5.41, 5.74) is 0.748. The molecule has 3 N–H and O–H groups in total. The first-order valence-electron chi connectivity index (χ1n) is 8.70. The van der Waals surface area contributed by atoms with E-state index < -0.39 is 11.7 Å². The molecule has 3 amide bonds. The molecule has 0 unspecified atom stereocenters. The van der Waals surface area contributed by atoms with Gasteiger partial charge in [0.2, 0.25) is 0 Å². The van der Waals surface area contributed by atoms with Gasteiger partial charge in [-0.1, -0.05) is 48.5 Å². The molecule has 27 heavy (non-hydrogen) atoms. The number of rotatable bonds is 6. The molecule has 3 aromatic carbocycles. The number of urea groups is 1. The van der Waals surface area contributed by atoms with Crippen LogP contribution in [0.1, 0.15) is 16.8 Å². The third-order valence-corrected chi connectivity index (χ3v) is 4.08. The highest BCUT2D eigenvalue weighted by Gasteiger charge is 2.10. The van der Waals surface area contributed by atoms with Crippen LogP contribution in [0.4, 0.5) is 14.9 Å². The Morgan fingerprint density at radius 1 is 0.815 bits per heavy atom. The summed E-state index contributed by atoms with van der Waals surface area (Å²) in [6, 6.07) is 19.0. The summed E-state index contributed by atoms with van der Waals surface area (Å²) < 4.78 is 13.5. The van der Waals surface area contributed by atoms with E-state index in [-0.39, 0.29) is 11.6 Å². The molecule has 0 radical (unpaired) electrons. The van der Waals surface area contributed by atoms with Gasteiger partial charge in [0, 0.05) is 18.5 Å². The summed E-state index contributed by atoms with van der Waals surface area (Å²) >= 11 is 0. The fourth-order valence-electron chi connectivity index (χ4n) is 2.73. The van der Waals surface area contributed by atoms with Gasteiger partial charge in [-0.15, -0.1) is 0 Å². The van der Waals surface area contributed by atoms with E-state index in [1.165, 1.54) is 18.2 Å². The highest BCUT2D eigenvalue weighted by Crippen LogP contribution is 2.22. The monoisotopic (exact) mass is 365 g/mol. The molecule has 6 heteroatoms. The highest BCUT2D eigenvalue weighted by atomic mass is 19.1. The molecule has 0 aromatic heterocycles. The Bertz CT molecular complexity index is 954. The van der Waals surface area contributed by atoms with Crippen molar-refractivity contribution >= 4 is 28.4 Å². The van der Waals surface area contributed by atoms with Crippen molar-refractivity contribution < 1.29 is 14.0 Å². The third-order valence-electron chi connectivity index (χ3n) is 4.08. The van der Waals surface area contributed by atoms with Gasteiger partial charge in [0.1, 0.15) is 5.82 Å². The molecule has 0 bridgehead atoms. The SMILES string of the molecule is O=C(NCCCNC(=O)c1ccccc1F)Nc1cccc2ccccc12. The first-order valence-corrected chi connectivity index (χ1v) is 8.70. The molecule has 138 valence electrons. The molecule has 0 spiro atoms. The van der Waals surface area contributed by atoms with Crippen LogP contribution in [-0.2, 0) is 0 Å². The highest BCUT2D eigenvalue weighted by molar-refractivity contribution is 6.01. The first kappa shape index (κ1) is 18.4. The fraction of sp³-hybridized carbons (Fsp3) is 0.143. The lowest BCUT2D eigenvalue weighted by Crippen LogP contribution is -2.32. The lowest BCUT2D eigenvalue weighted by atomic mass is 10.1. The van der Waals surface area contributed by atoms with Crippen molar-refractivity contribution in [3.8, 4) is 0 Å². The second kappa shape index (κ2) is 8.80. The van der Waals surface area contributed by atoms with E-state index in [2.05, 4.69) is 16.0 Å². The summed E-state index contributed by atoms with van der Waals surface area (Å²) in [5, 5.41) is 10.2. The van der Waals surface area contributed by atoms with Gasteiger partial charge in [0.15, 0.2) is 0 Å². The number of anilines is 1. The molecule has 0 heterocycles. The van der Waals surface area contributed by atoms with E-state index >= 15 is 0 Å². The molecule has 0 aliphatic carbocycles. The smallest absolute Gasteiger partial charge is 0.319 e. The van der Waals surface area contributed by atoms with Gasteiger partial charge < -0.3 is 16.0 Å². The van der Waals surface area contributed by atoms with Crippen molar-refractivity contribution in [2.75, 3.05) is 18.4 Å². The summed E-state index contributed by atoms with van der Waals surface area (Å²) in [4.78, 5) is 23.9. The summed E-state index contributed by atoms with van der Waals surface area (Å²) in [6.07, 6.45) is 0.531. The quantitative estimate of drug-likeness (QED) is 0.580. The van der Waals surface area contributed by atoms with E-state index in [1.807, 2.05) is 42.5 Å². The van der Waals surface area contributed by atoms with E-state index in [1.54, 1.807) is 6.07 Å². The maximum absolute atomic E-state index is 13.5. The molecule has 0 saturated carbocycles. The second-order valence-electron chi connectivity index (χ2n) is 6.00. The average molecular weight is 365 g/mol. The predicted octanol–water partition coefficient (Wildman–Crippen LogP) is 3.92. The minimum absolute atomic E-state index is 0.0131. The Hall–Kier alpha value is -3.41. The number of fused-ring (bicyclic) bond motifs is 1. The zero-order chi connectivity index (χ0) is 19.1. The minimum atomic E-state index is -0.553. The maximum Gasteiger partial charge on any atom is 0.319 e. The van der Waals surface area contributed by atoms with Gasteiger partial charge >= 0.3 is 6.03 Å². The number of benzene rings is 3. The molecule has 3 rings (SSSR count). The Morgan fingerprint density at radius 3 is 2.37 bits per heavy atom. The summed E-state index contributed by atoms with van der Waals surface area (Å²) in [5.74, 6) is -1.02. The minimum Gasteiger partial charge on any atom is -0.352 e.